The molecule has 0 aromatic heterocycles. The van der Waals surface area contributed by atoms with Gasteiger partial charge < -0.3 is 15.5 Å². The number of hydrogen-bond acceptors (Lipinski definition) is 3. The lowest BCUT2D eigenvalue weighted by atomic mass is 10.0. The standard InChI is InChI=1S/C16H18FNO2/c1-10(12-7-13(19)9-14(20)8-12)18-11(2)15-5-3-4-6-16(15)17/h3-11,18-20H,1-2H3. The summed E-state index contributed by atoms with van der Waals surface area (Å²) in [5.41, 5.74) is 1.33. The Kier molecular flexibility index (Phi) is 4.25. The van der Waals surface area contributed by atoms with Gasteiger partial charge in [-0.3, -0.25) is 0 Å². The Morgan fingerprint density at radius 1 is 0.950 bits per heavy atom. The van der Waals surface area contributed by atoms with Crippen molar-refractivity contribution in [1.82, 2.24) is 5.32 Å². The Morgan fingerprint density at radius 2 is 1.55 bits per heavy atom. The van der Waals surface area contributed by atoms with E-state index in [2.05, 4.69) is 5.32 Å². The van der Waals surface area contributed by atoms with Crippen LogP contribution in [0, 0.1) is 5.82 Å². The molecule has 0 saturated heterocycles. The maximum Gasteiger partial charge on any atom is 0.127 e. The van der Waals surface area contributed by atoms with E-state index in [4.69, 9.17) is 0 Å². The number of aromatic hydroxyl groups is 2. The number of phenols is 2. The van der Waals surface area contributed by atoms with E-state index in [1.165, 1.54) is 12.1 Å². The first-order valence-electron chi connectivity index (χ1n) is 6.50. The molecule has 3 N–H and O–H groups in total. The van der Waals surface area contributed by atoms with Crippen LogP contribution in [0.3, 0.4) is 0 Å². The third-order valence-corrected chi connectivity index (χ3v) is 3.30. The maximum atomic E-state index is 13.7. The molecule has 0 spiro atoms. The van der Waals surface area contributed by atoms with Crippen molar-refractivity contribution in [3.8, 4) is 11.5 Å². The molecule has 2 atom stereocenters. The zero-order valence-electron chi connectivity index (χ0n) is 11.5. The number of nitrogens with one attached hydrogen (secondary N) is 1. The molecule has 0 bridgehead atoms. The van der Waals surface area contributed by atoms with E-state index >= 15 is 0 Å². The lowest BCUT2D eigenvalue weighted by Gasteiger charge is -2.21. The van der Waals surface area contributed by atoms with Gasteiger partial charge in [0, 0.05) is 23.7 Å². The molecule has 0 radical (unpaired) electrons. The summed E-state index contributed by atoms with van der Waals surface area (Å²) in [6, 6.07) is 10.7. The number of benzene rings is 2. The molecule has 20 heavy (non-hydrogen) atoms. The lowest BCUT2D eigenvalue weighted by molar-refractivity contribution is 0.439. The summed E-state index contributed by atoms with van der Waals surface area (Å²) in [6.07, 6.45) is 0. The Labute approximate surface area is 117 Å². The largest absolute Gasteiger partial charge is 0.508 e. The molecule has 2 rings (SSSR count). The minimum Gasteiger partial charge on any atom is -0.508 e. The van der Waals surface area contributed by atoms with Gasteiger partial charge in [-0.05, 0) is 37.6 Å². The summed E-state index contributed by atoms with van der Waals surface area (Å²) in [7, 11) is 0. The highest BCUT2D eigenvalue weighted by molar-refractivity contribution is 5.38. The van der Waals surface area contributed by atoms with Crippen molar-refractivity contribution in [3.63, 3.8) is 0 Å². The van der Waals surface area contributed by atoms with E-state index in [0.29, 0.717) is 5.56 Å². The quantitative estimate of drug-likeness (QED) is 0.798. The van der Waals surface area contributed by atoms with Crippen LogP contribution in [0.5, 0.6) is 11.5 Å². The predicted octanol–water partition coefficient (Wildman–Crippen LogP) is 3.65. The highest BCUT2D eigenvalue weighted by Crippen LogP contribution is 2.27. The van der Waals surface area contributed by atoms with Crippen molar-refractivity contribution in [2.24, 2.45) is 0 Å². The molecule has 3 nitrogen and oxygen atoms in total. The van der Waals surface area contributed by atoms with Crippen LogP contribution in [0.1, 0.15) is 37.1 Å². The molecule has 0 aliphatic heterocycles. The van der Waals surface area contributed by atoms with Gasteiger partial charge in [0.2, 0.25) is 0 Å². The third-order valence-electron chi connectivity index (χ3n) is 3.30. The third kappa shape index (κ3) is 3.27. The van der Waals surface area contributed by atoms with Crippen LogP contribution in [0.4, 0.5) is 4.39 Å². The first-order valence-corrected chi connectivity index (χ1v) is 6.50. The van der Waals surface area contributed by atoms with Crippen LogP contribution in [-0.2, 0) is 0 Å². The molecular formula is C16H18FNO2. The first kappa shape index (κ1) is 14.3. The second kappa shape index (κ2) is 5.92. The van der Waals surface area contributed by atoms with Gasteiger partial charge in [-0.15, -0.1) is 0 Å². The van der Waals surface area contributed by atoms with Gasteiger partial charge in [-0.2, -0.15) is 0 Å². The Morgan fingerprint density at radius 3 is 2.15 bits per heavy atom. The second-order valence-electron chi connectivity index (χ2n) is 4.91. The van der Waals surface area contributed by atoms with E-state index in [1.807, 2.05) is 13.8 Å². The minimum absolute atomic E-state index is 0.00666. The van der Waals surface area contributed by atoms with Crippen molar-refractivity contribution in [2.45, 2.75) is 25.9 Å². The first-order chi connectivity index (χ1) is 9.47. The van der Waals surface area contributed by atoms with Crippen LogP contribution >= 0.6 is 0 Å². The van der Waals surface area contributed by atoms with Crippen LogP contribution in [-0.4, -0.2) is 10.2 Å². The SMILES string of the molecule is CC(NC(C)c1ccccc1F)c1cc(O)cc(O)c1. The molecule has 0 amide bonds. The molecular weight excluding hydrogens is 257 g/mol. The molecule has 0 saturated carbocycles. The van der Waals surface area contributed by atoms with Crippen LogP contribution in [0.15, 0.2) is 42.5 Å². The average molecular weight is 275 g/mol. The number of rotatable bonds is 4. The van der Waals surface area contributed by atoms with E-state index in [9.17, 15) is 14.6 Å². The molecule has 2 unspecified atom stereocenters. The molecule has 2 aromatic rings. The Bertz CT molecular complexity index is 581. The average Bonchev–Trinajstić information content (AvgIpc) is 2.37. The highest BCUT2D eigenvalue weighted by Gasteiger charge is 2.15. The second-order valence-corrected chi connectivity index (χ2v) is 4.91. The van der Waals surface area contributed by atoms with Gasteiger partial charge in [0.1, 0.15) is 17.3 Å². The topological polar surface area (TPSA) is 52.5 Å². The summed E-state index contributed by atoms with van der Waals surface area (Å²) in [6.45, 7) is 3.77. The number of halogens is 1. The fraction of sp³-hybridized carbons (Fsp3) is 0.250. The fourth-order valence-corrected chi connectivity index (χ4v) is 2.26. The molecule has 0 aliphatic rings. The molecule has 0 heterocycles. The molecule has 0 fully saturated rings. The van der Waals surface area contributed by atoms with Gasteiger partial charge in [-0.1, -0.05) is 18.2 Å². The Hall–Kier alpha value is -2.07. The van der Waals surface area contributed by atoms with E-state index < -0.39 is 0 Å². The molecule has 2 aromatic carbocycles. The van der Waals surface area contributed by atoms with Gasteiger partial charge in [0.15, 0.2) is 0 Å². The lowest BCUT2D eigenvalue weighted by Crippen LogP contribution is -2.23. The molecule has 106 valence electrons. The van der Waals surface area contributed by atoms with Crippen molar-refractivity contribution in [3.05, 3.63) is 59.4 Å². The number of hydrogen-bond donors (Lipinski definition) is 3. The normalized spacial score (nSPS) is 13.9. The summed E-state index contributed by atoms with van der Waals surface area (Å²) in [5, 5.41) is 22.2. The predicted molar refractivity (Wildman–Crippen MR) is 76.1 cm³/mol. The minimum atomic E-state index is -0.251. The molecule has 4 heteroatoms. The van der Waals surface area contributed by atoms with Gasteiger partial charge in [0.05, 0.1) is 0 Å². The smallest absolute Gasteiger partial charge is 0.127 e. The number of phenolic OH excluding ortho intramolecular Hbond substituents is 2. The van der Waals surface area contributed by atoms with Gasteiger partial charge in [-0.25, -0.2) is 4.39 Å². The van der Waals surface area contributed by atoms with Crippen molar-refractivity contribution in [2.75, 3.05) is 0 Å². The zero-order valence-corrected chi connectivity index (χ0v) is 11.5. The summed E-state index contributed by atoms with van der Waals surface area (Å²) < 4.78 is 13.7. The zero-order chi connectivity index (χ0) is 14.7. The van der Waals surface area contributed by atoms with Crippen molar-refractivity contribution < 1.29 is 14.6 Å². The van der Waals surface area contributed by atoms with E-state index in [0.717, 1.165) is 5.56 Å². The monoisotopic (exact) mass is 275 g/mol. The summed E-state index contributed by atoms with van der Waals surface area (Å²) in [4.78, 5) is 0. The summed E-state index contributed by atoms with van der Waals surface area (Å²) in [5.74, 6) is -0.238. The van der Waals surface area contributed by atoms with E-state index in [1.54, 1.807) is 30.3 Å². The highest BCUT2D eigenvalue weighted by atomic mass is 19.1. The van der Waals surface area contributed by atoms with Crippen LogP contribution in [0.25, 0.3) is 0 Å². The summed E-state index contributed by atoms with van der Waals surface area (Å²) >= 11 is 0. The van der Waals surface area contributed by atoms with Crippen LogP contribution in [0.2, 0.25) is 0 Å². The van der Waals surface area contributed by atoms with Crippen molar-refractivity contribution >= 4 is 0 Å². The maximum absolute atomic E-state index is 13.7. The van der Waals surface area contributed by atoms with Gasteiger partial charge >= 0.3 is 0 Å². The Balaban J connectivity index is 2.15. The van der Waals surface area contributed by atoms with Crippen LogP contribution < -0.4 is 5.32 Å². The van der Waals surface area contributed by atoms with Crippen molar-refractivity contribution in [1.29, 1.82) is 0 Å². The fourth-order valence-electron chi connectivity index (χ4n) is 2.26. The molecule has 0 aliphatic carbocycles. The van der Waals surface area contributed by atoms with E-state index in [-0.39, 0.29) is 29.4 Å². The van der Waals surface area contributed by atoms with Gasteiger partial charge in [0.25, 0.3) is 0 Å².